The van der Waals surface area contributed by atoms with Crippen LogP contribution in [0.3, 0.4) is 0 Å². The molecule has 0 unspecified atom stereocenters. The number of rotatable bonds is 4. The zero-order valence-electron chi connectivity index (χ0n) is 11.6. The summed E-state index contributed by atoms with van der Waals surface area (Å²) in [5.41, 5.74) is 0.465. The minimum Gasteiger partial charge on any atom is -0.360 e. The third kappa shape index (κ3) is 4.06. The summed E-state index contributed by atoms with van der Waals surface area (Å²) in [6.07, 6.45) is 0. The Balaban J connectivity index is 1.94. The molecule has 0 aliphatic heterocycles. The number of amides is 2. The van der Waals surface area contributed by atoms with Gasteiger partial charge in [-0.25, -0.2) is 0 Å². The van der Waals surface area contributed by atoms with E-state index >= 15 is 0 Å². The fraction of sp³-hybridized carbons (Fsp3) is 0.214. The normalized spacial score (nSPS) is 10.2. The van der Waals surface area contributed by atoms with Crippen LogP contribution in [0.25, 0.3) is 0 Å². The third-order valence-electron chi connectivity index (χ3n) is 2.71. The monoisotopic (exact) mass is 307 g/mol. The lowest BCUT2D eigenvalue weighted by Gasteiger charge is -2.16. The van der Waals surface area contributed by atoms with Gasteiger partial charge in [0.2, 0.25) is 5.91 Å². The van der Waals surface area contributed by atoms with Crippen LogP contribution < -0.4 is 5.32 Å². The van der Waals surface area contributed by atoms with E-state index in [9.17, 15) is 9.59 Å². The van der Waals surface area contributed by atoms with Crippen molar-refractivity contribution in [1.82, 2.24) is 10.1 Å². The van der Waals surface area contributed by atoms with Gasteiger partial charge in [0.25, 0.3) is 5.91 Å². The molecule has 21 heavy (non-hydrogen) atoms. The second kappa shape index (κ2) is 6.41. The molecule has 6 nitrogen and oxygen atoms in total. The Labute approximate surface area is 126 Å². The second-order valence-corrected chi connectivity index (χ2v) is 4.98. The SMILES string of the molecule is Cc1cc(NC(=O)CN(C)C(=O)c2ccc(Cl)cc2)no1. The molecule has 110 valence electrons. The highest BCUT2D eigenvalue weighted by Crippen LogP contribution is 2.11. The Morgan fingerprint density at radius 2 is 2.00 bits per heavy atom. The van der Waals surface area contributed by atoms with E-state index in [1.54, 1.807) is 44.3 Å². The lowest BCUT2D eigenvalue weighted by molar-refractivity contribution is -0.116. The highest BCUT2D eigenvalue weighted by atomic mass is 35.5. The first-order valence-electron chi connectivity index (χ1n) is 6.20. The lowest BCUT2D eigenvalue weighted by Crippen LogP contribution is -2.34. The molecule has 2 amide bonds. The topological polar surface area (TPSA) is 75.4 Å². The molecular weight excluding hydrogens is 294 g/mol. The molecule has 0 spiro atoms. The maximum atomic E-state index is 12.1. The van der Waals surface area contributed by atoms with Gasteiger partial charge in [-0.05, 0) is 31.2 Å². The van der Waals surface area contributed by atoms with Crippen molar-refractivity contribution in [2.24, 2.45) is 0 Å². The number of hydrogen-bond donors (Lipinski definition) is 1. The van der Waals surface area contributed by atoms with Crippen LogP contribution in [0.2, 0.25) is 5.02 Å². The Hall–Kier alpha value is -2.34. The standard InChI is InChI=1S/C14H14ClN3O3/c1-9-7-12(17-21-9)16-13(19)8-18(2)14(20)10-3-5-11(15)6-4-10/h3-7H,8H2,1-2H3,(H,16,17,19). The van der Waals surface area contributed by atoms with Crippen LogP contribution in [-0.4, -0.2) is 35.5 Å². The molecule has 0 radical (unpaired) electrons. The molecule has 7 heteroatoms. The Morgan fingerprint density at radius 1 is 1.33 bits per heavy atom. The van der Waals surface area contributed by atoms with E-state index in [0.29, 0.717) is 22.2 Å². The van der Waals surface area contributed by atoms with E-state index in [-0.39, 0.29) is 18.4 Å². The van der Waals surface area contributed by atoms with Gasteiger partial charge >= 0.3 is 0 Å². The van der Waals surface area contributed by atoms with Gasteiger partial charge in [-0.2, -0.15) is 0 Å². The number of benzene rings is 1. The van der Waals surface area contributed by atoms with Gasteiger partial charge in [0.05, 0.1) is 6.54 Å². The molecule has 2 aromatic rings. The molecule has 0 atom stereocenters. The number of likely N-dealkylation sites (N-methyl/N-ethyl adjacent to an activating group) is 1. The lowest BCUT2D eigenvalue weighted by atomic mass is 10.2. The Kier molecular flexibility index (Phi) is 4.59. The van der Waals surface area contributed by atoms with Crippen molar-refractivity contribution in [3.63, 3.8) is 0 Å². The van der Waals surface area contributed by atoms with E-state index in [0.717, 1.165) is 0 Å². The molecule has 0 saturated heterocycles. The molecule has 2 rings (SSSR count). The van der Waals surface area contributed by atoms with Crippen molar-refractivity contribution in [3.05, 3.63) is 46.7 Å². The Morgan fingerprint density at radius 3 is 2.57 bits per heavy atom. The van der Waals surface area contributed by atoms with Gasteiger partial charge in [0.15, 0.2) is 5.82 Å². The van der Waals surface area contributed by atoms with Crippen LogP contribution in [0, 0.1) is 6.92 Å². The molecule has 0 saturated carbocycles. The van der Waals surface area contributed by atoms with Gasteiger partial charge in [-0.3, -0.25) is 9.59 Å². The van der Waals surface area contributed by atoms with E-state index in [2.05, 4.69) is 10.5 Å². The quantitative estimate of drug-likeness (QED) is 0.940. The number of hydrogen-bond acceptors (Lipinski definition) is 4. The van der Waals surface area contributed by atoms with Crippen molar-refractivity contribution in [2.75, 3.05) is 18.9 Å². The average Bonchev–Trinajstić information content (AvgIpc) is 2.83. The molecular formula is C14H14ClN3O3. The molecule has 0 aliphatic rings. The number of halogens is 1. The van der Waals surface area contributed by atoms with Crippen LogP contribution in [0.5, 0.6) is 0 Å². The van der Waals surface area contributed by atoms with Crippen molar-refractivity contribution < 1.29 is 14.1 Å². The highest BCUT2D eigenvalue weighted by Gasteiger charge is 2.15. The van der Waals surface area contributed by atoms with Gasteiger partial charge in [0, 0.05) is 23.7 Å². The fourth-order valence-electron chi connectivity index (χ4n) is 1.71. The zero-order valence-corrected chi connectivity index (χ0v) is 12.3. The molecule has 0 aliphatic carbocycles. The minimum atomic E-state index is -0.354. The van der Waals surface area contributed by atoms with Gasteiger partial charge < -0.3 is 14.7 Å². The number of aryl methyl sites for hydroxylation is 1. The predicted octanol–water partition coefficient (Wildman–Crippen LogP) is 2.35. The van der Waals surface area contributed by atoms with Gasteiger partial charge in [-0.1, -0.05) is 16.8 Å². The number of nitrogens with zero attached hydrogens (tertiary/aromatic N) is 2. The van der Waals surface area contributed by atoms with E-state index < -0.39 is 0 Å². The number of aromatic nitrogens is 1. The van der Waals surface area contributed by atoms with Crippen molar-refractivity contribution >= 4 is 29.2 Å². The zero-order chi connectivity index (χ0) is 15.4. The molecule has 1 heterocycles. The number of nitrogens with one attached hydrogen (secondary N) is 1. The first-order chi connectivity index (χ1) is 9.95. The third-order valence-corrected chi connectivity index (χ3v) is 2.97. The smallest absolute Gasteiger partial charge is 0.254 e. The number of carbonyl (C=O) groups excluding carboxylic acids is 2. The van der Waals surface area contributed by atoms with E-state index in [1.807, 2.05) is 0 Å². The molecule has 1 N–H and O–H groups in total. The summed E-state index contributed by atoms with van der Waals surface area (Å²) in [4.78, 5) is 25.2. The molecule has 1 aromatic heterocycles. The van der Waals surface area contributed by atoms with E-state index in [1.165, 1.54) is 4.90 Å². The summed E-state index contributed by atoms with van der Waals surface area (Å²) in [7, 11) is 1.55. The number of anilines is 1. The van der Waals surface area contributed by atoms with Crippen molar-refractivity contribution in [3.8, 4) is 0 Å². The average molecular weight is 308 g/mol. The Bertz CT molecular complexity index is 652. The van der Waals surface area contributed by atoms with Gasteiger partial charge in [0.1, 0.15) is 5.76 Å². The summed E-state index contributed by atoms with van der Waals surface area (Å²) in [5.74, 6) is 0.298. The molecule has 0 bridgehead atoms. The predicted molar refractivity (Wildman–Crippen MR) is 78.3 cm³/mol. The minimum absolute atomic E-state index is 0.0899. The fourth-order valence-corrected chi connectivity index (χ4v) is 1.83. The maximum absolute atomic E-state index is 12.1. The van der Waals surface area contributed by atoms with Crippen LogP contribution >= 0.6 is 11.6 Å². The number of carbonyl (C=O) groups is 2. The largest absolute Gasteiger partial charge is 0.360 e. The highest BCUT2D eigenvalue weighted by molar-refractivity contribution is 6.30. The van der Waals surface area contributed by atoms with E-state index in [4.69, 9.17) is 16.1 Å². The second-order valence-electron chi connectivity index (χ2n) is 4.54. The van der Waals surface area contributed by atoms with Crippen LogP contribution in [0.15, 0.2) is 34.9 Å². The molecule has 0 fully saturated rings. The summed E-state index contributed by atoms with van der Waals surface area (Å²) in [6.45, 7) is 1.63. The summed E-state index contributed by atoms with van der Waals surface area (Å²) >= 11 is 5.77. The molecule has 1 aromatic carbocycles. The van der Waals surface area contributed by atoms with Crippen molar-refractivity contribution in [2.45, 2.75) is 6.92 Å². The van der Waals surface area contributed by atoms with Crippen LogP contribution in [0.4, 0.5) is 5.82 Å². The van der Waals surface area contributed by atoms with Crippen molar-refractivity contribution in [1.29, 1.82) is 0 Å². The summed E-state index contributed by atoms with van der Waals surface area (Å²) in [6, 6.07) is 8.07. The maximum Gasteiger partial charge on any atom is 0.254 e. The summed E-state index contributed by atoms with van der Waals surface area (Å²) < 4.78 is 4.84. The first kappa shape index (κ1) is 15.1. The van der Waals surface area contributed by atoms with Gasteiger partial charge in [-0.15, -0.1) is 0 Å². The van der Waals surface area contributed by atoms with Crippen LogP contribution in [-0.2, 0) is 4.79 Å². The summed E-state index contributed by atoms with van der Waals surface area (Å²) in [5, 5.41) is 6.75. The van der Waals surface area contributed by atoms with Crippen LogP contribution in [0.1, 0.15) is 16.1 Å². The first-order valence-corrected chi connectivity index (χ1v) is 6.57.